The quantitative estimate of drug-likeness (QED) is 0.606. The van der Waals surface area contributed by atoms with E-state index in [1.54, 1.807) is 0 Å². The number of nitrogens with zero attached hydrogens (tertiary/aromatic N) is 1. The van der Waals surface area contributed by atoms with Crippen LogP contribution in [-0.2, 0) is 0 Å². The highest BCUT2D eigenvalue weighted by molar-refractivity contribution is 5.65. The van der Waals surface area contributed by atoms with Crippen LogP contribution < -0.4 is 0 Å². The minimum absolute atomic E-state index is 0.111. The molecule has 70 valence electrons. The standard InChI is InChI=1S/C7H12FNO3/c8-6-3-9(7(11)12)2-1-5(6)4-10/h5-6,10H,1-4H2,(H,11,12). The first kappa shape index (κ1) is 9.25. The Bertz CT molecular complexity index is 176. The number of carboxylic acid groups (broad SMARTS) is 1. The summed E-state index contributed by atoms with van der Waals surface area (Å²) in [5, 5.41) is 17.2. The highest BCUT2D eigenvalue weighted by Gasteiger charge is 2.30. The number of aliphatic hydroxyl groups excluding tert-OH is 1. The number of hydrogen-bond acceptors (Lipinski definition) is 2. The molecular formula is C7H12FNO3. The minimum Gasteiger partial charge on any atom is -0.465 e. The van der Waals surface area contributed by atoms with Gasteiger partial charge in [0.1, 0.15) is 6.17 Å². The number of halogens is 1. The number of aliphatic hydroxyl groups is 1. The van der Waals surface area contributed by atoms with Crippen molar-refractivity contribution < 1.29 is 19.4 Å². The van der Waals surface area contributed by atoms with Crippen molar-refractivity contribution in [3.05, 3.63) is 0 Å². The Morgan fingerprint density at radius 2 is 2.33 bits per heavy atom. The Balaban J connectivity index is 2.46. The van der Waals surface area contributed by atoms with Gasteiger partial charge < -0.3 is 15.1 Å². The largest absolute Gasteiger partial charge is 0.465 e. The van der Waals surface area contributed by atoms with E-state index in [0.29, 0.717) is 13.0 Å². The molecule has 0 saturated carbocycles. The number of likely N-dealkylation sites (tertiary alicyclic amines) is 1. The summed E-state index contributed by atoms with van der Waals surface area (Å²) in [5.74, 6) is -0.388. The molecular weight excluding hydrogens is 165 g/mol. The van der Waals surface area contributed by atoms with Gasteiger partial charge in [-0.1, -0.05) is 0 Å². The molecule has 1 rings (SSSR count). The molecule has 1 aliphatic heterocycles. The first-order valence-corrected chi connectivity index (χ1v) is 3.88. The summed E-state index contributed by atoms with van der Waals surface area (Å²) in [4.78, 5) is 11.4. The van der Waals surface area contributed by atoms with Crippen LogP contribution in [0.1, 0.15) is 6.42 Å². The predicted octanol–water partition coefficient (Wildman–Crippen LogP) is 0.317. The SMILES string of the molecule is O=C(O)N1CCC(CO)C(F)C1. The molecule has 0 aliphatic carbocycles. The lowest BCUT2D eigenvalue weighted by molar-refractivity contribution is 0.0497. The fourth-order valence-electron chi connectivity index (χ4n) is 1.33. The van der Waals surface area contributed by atoms with Crippen molar-refractivity contribution >= 4 is 6.09 Å². The normalized spacial score (nSPS) is 30.3. The third kappa shape index (κ3) is 1.85. The molecule has 0 spiro atoms. The molecule has 0 aromatic carbocycles. The summed E-state index contributed by atoms with van der Waals surface area (Å²) in [7, 11) is 0. The van der Waals surface area contributed by atoms with Crippen LogP contribution in [0.3, 0.4) is 0 Å². The summed E-state index contributed by atoms with van der Waals surface area (Å²) in [6.45, 7) is 0.0101. The van der Waals surface area contributed by atoms with Crippen molar-refractivity contribution in [2.24, 2.45) is 5.92 Å². The molecule has 0 bridgehead atoms. The smallest absolute Gasteiger partial charge is 0.407 e. The van der Waals surface area contributed by atoms with Crippen LogP contribution in [0.15, 0.2) is 0 Å². The highest BCUT2D eigenvalue weighted by atomic mass is 19.1. The summed E-state index contributed by atoms with van der Waals surface area (Å²) in [6, 6.07) is 0. The molecule has 2 atom stereocenters. The van der Waals surface area contributed by atoms with Crippen LogP contribution in [0.5, 0.6) is 0 Å². The van der Waals surface area contributed by atoms with Gasteiger partial charge >= 0.3 is 6.09 Å². The summed E-state index contributed by atoms with van der Waals surface area (Å²) >= 11 is 0. The zero-order valence-corrected chi connectivity index (χ0v) is 6.61. The van der Waals surface area contributed by atoms with Gasteiger partial charge in [0.05, 0.1) is 6.54 Å². The van der Waals surface area contributed by atoms with E-state index in [1.165, 1.54) is 0 Å². The average Bonchev–Trinajstić information content (AvgIpc) is 2.04. The lowest BCUT2D eigenvalue weighted by atomic mass is 9.96. The molecule has 12 heavy (non-hydrogen) atoms. The Kier molecular flexibility index (Phi) is 2.86. The molecule has 1 heterocycles. The van der Waals surface area contributed by atoms with E-state index in [1.807, 2.05) is 0 Å². The number of amides is 1. The minimum atomic E-state index is -1.22. The lowest BCUT2D eigenvalue weighted by Crippen LogP contribution is -2.45. The maximum atomic E-state index is 13.0. The van der Waals surface area contributed by atoms with E-state index < -0.39 is 12.3 Å². The summed E-state index contributed by atoms with van der Waals surface area (Å²) in [6.07, 6.45) is -1.90. The predicted molar refractivity (Wildman–Crippen MR) is 39.7 cm³/mol. The molecule has 2 unspecified atom stereocenters. The Labute approximate surface area is 69.6 Å². The molecule has 1 aliphatic rings. The Morgan fingerprint density at radius 3 is 2.75 bits per heavy atom. The molecule has 0 aromatic rings. The second-order valence-corrected chi connectivity index (χ2v) is 2.98. The van der Waals surface area contributed by atoms with Gasteiger partial charge in [0.2, 0.25) is 0 Å². The lowest BCUT2D eigenvalue weighted by Gasteiger charge is -2.31. The third-order valence-corrected chi connectivity index (χ3v) is 2.18. The van der Waals surface area contributed by atoms with Crippen molar-refractivity contribution in [3.8, 4) is 0 Å². The summed E-state index contributed by atoms with van der Waals surface area (Å²) < 4.78 is 13.0. The van der Waals surface area contributed by atoms with Gasteiger partial charge in [0, 0.05) is 19.1 Å². The van der Waals surface area contributed by atoms with E-state index in [0.717, 1.165) is 4.90 Å². The van der Waals surface area contributed by atoms with Gasteiger partial charge in [-0.05, 0) is 6.42 Å². The molecule has 1 fully saturated rings. The fraction of sp³-hybridized carbons (Fsp3) is 0.857. The van der Waals surface area contributed by atoms with Crippen molar-refractivity contribution in [1.82, 2.24) is 4.90 Å². The van der Waals surface area contributed by atoms with E-state index in [9.17, 15) is 9.18 Å². The van der Waals surface area contributed by atoms with Crippen LogP contribution in [0.4, 0.5) is 9.18 Å². The van der Waals surface area contributed by atoms with Crippen LogP contribution >= 0.6 is 0 Å². The second-order valence-electron chi connectivity index (χ2n) is 2.98. The second kappa shape index (κ2) is 3.71. The first-order chi connectivity index (χ1) is 5.65. The van der Waals surface area contributed by atoms with Gasteiger partial charge in [0.15, 0.2) is 0 Å². The monoisotopic (exact) mass is 177 g/mol. The summed E-state index contributed by atoms with van der Waals surface area (Å²) in [5.41, 5.74) is 0. The zero-order valence-electron chi connectivity index (χ0n) is 6.61. The van der Waals surface area contributed by atoms with Gasteiger partial charge in [-0.3, -0.25) is 0 Å². The van der Waals surface area contributed by atoms with Crippen LogP contribution in [0.2, 0.25) is 0 Å². The van der Waals surface area contributed by atoms with Crippen LogP contribution in [-0.4, -0.2) is 47.1 Å². The highest BCUT2D eigenvalue weighted by Crippen LogP contribution is 2.19. The molecule has 5 heteroatoms. The maximum absolute atomic E-state index is 13.0. The molecule has 0 radical (unpaired) electrons. The zero-order chi connectivity index (χ0) is 9.14. The van der Waals surface area contributed by atoms with Gasteiger partial charge in [-0.15, -0.1) is 0 Å². The number of rotatable bonds is 1. The first-order valence-electron chi connectivity index (χ1n) is 3.88. The van der Waals surface area contributed by atoms with E-state index in [4.69, 9.17) is 10.2 Å². The van der Waals surface area contributed by atoms with E-state index in [2.05, 4.69) is 0 Å². The topological polar surface area (TPSA) is 60.8 Å². The average molecular weight is 177 g/mol. The molecule has 1 saturated heterocycles. The van der Waals surface area contributed by atoms with E-state index in [-0.39, 0.29) is 19.1 Å². The molecule has 2 N–H and O–H groups in total. The molecule has 4 nitrogen and oxygen atoms in total. The number of carbonyl (C=O) groups is 1. The van der Waals surface area contributed by atoms with Gasteiger partial charge in [-0.2, -0.15) is 0 Å². The Morgan fingerprint density at radius 1 is 1.67 bits per heavy atom. The molecule has 1 amide bonds. The van der Waals surface area contributed by atoms with Crippen LogP contribution in [0, 0.1) is 5.92 Å². The van der Waals surface area contributed by atoms with Crippen molar-refractivity contribution in [2.75, 3.05) is 19.7 Å². The van der Waals surface area contributed by atoms with Crippen molar-refractivity contribution in [1.29, 1.82) is 0 Å². The van der Waals surface area contributed by atoms with Crippen molar-refractivity contribution in [2.45, 2.75) is 12.6 Å². The van der Waals surface area contributed by atoms with Gasteiger partial charge in [-0.25, -0.2) is 9.18 Å². The third-order valence-electron chi connectivity index (χ3n) is 2.18. The number of hydrogen-bond donors (Lipinski definition) is 2. The number of piperidine rings is 1. The maximum Gasteiger partial charge on any atom is 0.407 e. The number of alkyl halides is 1. The fourth-order valence-corrected chi connectivity index (χ4v) is 1.33. The Hall–Kier alpha value is -0.840. The van der Waals surface area contributed by atoms with Gasteiger partial charge in [0.25, 0.3) is 0 Å². The van der Waals surface area contributed by atoms with Crippen LogP contribution in [0.25, 0.3) is 0 Å². The van der Waals surface area contributed by atoms with E-state index >= 15 is 0 Å². The van der Waals surface area contributed by atoms with Crippen molar-refractivity contribution in [3.63, 3.8) is 0 Å². The molecule has 0 aromatic heterocycles.